The molecule has 4 rings (SSSR count). The highest BCUT2D eigenvalue weighted by Gasteiger charge is 2.33. The molecule has 0 aliphatic carbocycles. The first-order valence-corrected chi connectivity index (χ1v) is 10.6. The molecule has 0 bridgehead atoms. The summed E-state index contributed by atoms with van der Waals surface area (Å²) in [5.74, 6) is 1.73. The molecule has 1 atom stereocenters. The van der Waals surface area contributed by atoms with Gasteiger partial charge < -0.3 is 23.7 Å². The van der Waals surface area contributed by atoms with Gasteiger partial charge in [-0.2, -0.15) is 0 Å². The van der Waals surface area contributed by atoms with Gasteiger partial charge in [-0.3, -0.25) is 4.79 Å². The third-order valence-electron chi connectivity index (χ3n) is 5.64. The second-order valence-electron chi connectivity index (χ2n) is 7.74. The Morgan fingerprint density at radius 2 is 1.87 bits per heavy atom. The van der Waals surface area contributed by atoms with Gasteiger partial charge in [0.05, 0.1) is 19.4 Å². The SMILES string of the molecule is COc1ccccc1OCCN(C)CC1CCc2ccccc2N1C(=O)c1ccco1. The molecule has 0 saturated carbocycles. The molecule has 1 aliphatic heterocycles. The number of furan rings is 1. The summed E-state index contributed by atoms with van der Waals surface area (Å²) in [5.41, 5.74) is 2.17. The fourth-order valence-corrected chi connectivity index (χ4v) is 4.07. The largest absolute Gasteiger partial charge is 0.493 e. The molecule has 2 aromatic carbocycles. The highest BCUT2D eigenvalue weighted by atomic mass is 16.5. The van der Waals surface area contributed by atoms with Crippen molar-refractivity contribution in [3.05, 3.63) is 78.3 Å². The van der Waals surface area contributed by atoms with Crippen LogP contribution in [0, 0.1) is 0 Å². The molecule has 0 saturated heterocycles. The highest BCUT2D eigenvalue weighted by Crippen LogP contribution is 2.32. The van der Waals surface area contributed by atoms with Crippen molar-refractivity contribution < 1.29 is 18.7 Å². The summed E-state index contributed by atoms with van der Waals surface area (Å²) in [4.78, 5) is 17.4. The van der Waals surface area contributed by atoms with Crippen molar-refractivity contribution in [3.8, 4) is 11.5 Å². The number of nitrogens with zero attached hydrogens (tertiary/aromatic N) is 2. The number of methoxy groups -OCH3 is 1. The summed E-state index contributed by atoms with van der Waals surface area (Å²) < 4.78 is 16.7. The minimum absolute atomic E-state index is 0.0590. The Morgan fingerprint density at radius 1 is 1.10 bits per heavy atom. The maximum absolute atomic E-state index is 13.3. The lowest BCUT2D eigenvalue weighted by Crippen LogP contribution is -2.49. The van der Waals surface area contributed by atoms with Crippen molar-refractivity contribution in [2.75, 3.05) is 38.8 Å². The number of likely N-dealkylation sites (N-methyl/N-ethyl adjacent to an activating group) is 1. The molecule has 0 fully saturated rings. The normalized spacial score (nSPS) is 15.6. The van der Waals surface area contributed by atoms with E-state index in [9.17, 15) is 4.79 Å². The summed E-state index contributed by atoms with van der Waals surface area (Å²) >= 11 is 0. The number of carbonyl (C=O) groups is 1. The number of aryl methyl sites for hydroxylation is 1. The lowest BCUT2D eigenvalue weighted by molar-refractivity contribution is 0.0938. The van der Waals surface area contributed by atoms with Crippen molar-refractivity contribution in [2.24, 2.45) is 0 Å². The monoisotopic (exact) mass is 420 g/mol. The average molecular weight is 421 g/mol. The van der Waals surface area contributed by atoms with Gasteiger partial charge in [0.15, 0.2) is 17.3 Å². The predicted octanol–water partition coefficient (Wildman–Crippen LogP) is 4.26. The predicted molar refractivity (Wildman–Crippen MR) is 120 cm³/mol. The molecule has 162 valence electrons. The summed E-state index contributed by atoms with van der Waals surface area (Å²) in [6.45, 7) is 2.02. The molecule has 2 heterocycles. The van der Waals surface area contributed by atoms with E-state index < -0.39 is 0 Å². The Hall–Kier alpha value is -3.25. The molecule has 0 N–H and O–H groups in total. The van der Waals surface area contributed by atoms with E-state index in [1.54, 1.807) is 25.5 Å². The topological polar surface area (TPSA) is 55.2 Å². The molecule has 1 aromatic heterocycles. The van der Waals surface area contributed by atoms with E-state index in [-0.39, 0.29) is 11.9 Å². The number of rotatable bonds is 8. The zero-order valence-corrected chi connectivity index (χ0v) is 18.0. The number of fused-ring (bicyclic) bond motifs is 1. The molecule has 3 aromatic rings. The first kappa shape index (κ1) is 21.0. The van der Waals surface area contributed by atoms with Gasteiger partial charge in [-0.15, -0.1) is 0 Å². The van der Waals surface area contributed by atoms with Crippen LogP contribution in [-0.4, -0.2) is 50.7 Å². The maximum Gasteiger partial charge on any atom is 0.294 e. The van der Waals surface area contributed by atoms with Gasteiger partial charge in [0.1, 0.15) is 6.61 Å². The van der Waals surface area contributed by atoms with Crippen molar-refractivity contribution in [3.63, 3.8) is 0 Å². The number of carbonyl (C=O) groups excluding carboxylic acids is 1. The molecule has 1 unspecified atom stereocenters. The van der Waals surface area contributed by atoms with Gasteiger partial charge in [-0.25, -0.2) is 0 Å². The Balaban J connectivity index is 1.43. The van der Waals surface area contributed by atoms with Crippen molar-refractivity contribution >= 4 is 11.6 Å². The van der Waals surface area contributed by atoms with Crippen LogP contribution in [0.2, 0.25) is 0 Å². The highest BCUT2D eigenvalue weighted by molar-refractivity contribution is 6.05. The van der Waals surface area contributed by atoms with E-state index in [4.69, 9.17) is 13.9 Å². The van der Waals surface area contributed by atoms with Crippen LogP contribution in [0.5, 0.6) is 11.5 Å². The summed E-state index contributed by atoms with van der Waals surface area (Å²) in [6.07, 6.45) is 3.40. The summed E-state index contributed by atoms with van der Waals surface area (Å²) in [7, 11) is 3.70. The molecule has 1 amide bonds. The van der Waals surface area contributed by atoms with Crippen LogP contribution in [0.3, 0.4) is 0 Å². The van der Waals surface area contributed by atoms with Crippen LogP contribution in [0.15, 0.2) is 71.3 Å². The third-order valence-corrected chi connectivity index (χ3v) is 5.64. The van der Waals surface area contributed by atoms with Gasteiger partial charge in [0.2, 0.25) is 0 Å². The number of anilines is 1. The number of benzene rings is 2. The van der Waals surface area contributed by atoms with Crippen molar-refractivity contribution in [1.82, 2.24) is 4.90 Å². The first-order chi connectivity index (χ1) is 15.2. The van der Waals surface area contributed by atoms with Gasteiger partial charge in [0, 0.05) is 18.8 Å². The Morgan fingerprint density at radius 3 is 2.65 bits per heavy atom. The summed E-state index contributed by atoms with van der Waals surface area (Å²) in [5, 5.41) is 0. The molecule has 0 radical (unpaired) electrons. The van der Waals surface area contributed by atoms with Gasteiger partial charge in [-0.1, -0.05) is 30.3 Å². The molecule has 6 nitrogen and oxygen atoms in total. The lowest BCUT2D eigenvalue weighted by Gasteiger charge is -2.38. The molecular weight excluding hydrogens is 392 g/mol. The van der Waals surface area contributed by atoms with Crippen molar-refractivity contribution in [2.45, 2.75) is 18.9 Å². The van der Waals surface area contributed by atoms with E-state index >= 15 is 0 Å². The second kappa shape index (κ2) is 9.71. The number of hydrogen-bond donors (Lipinski definition) is 0. The van der Waals surface area contributed by atoms with Crippen LogP contribution >= 0.6 is 0 Å². The second-order valence-corrected chi connectivity index (χ2v) is 7.74. The minimum atomic E-state index is -0.0965. The lowest BCUT2D eigenvalue weighted by atomic mass is 9.95. The van der Waals surface area contributed by atoms with E-state index in [2.05, 4.69) is 18.0 Å². The standard InChI is InChI=1S/C25H28N2O4/c1-26(15-17-31-23-11-6-5-10-22(23)29-2)18-20-14-13-19-8-3-4-9-21(19)27(20)25(28)24-12-7-16-30-24/h3-12,16,20H,13-15,17-18H2,1-2H3. The summed E-state index contributed by atoms with van der Waals surface area (Å²) in [6, 6.07) is 19.3. The van der Waals surface area contributed by atoms with E-state index in [0.29, 0.717) is 12.4 Å². The fourth-order valence-electron chi connectivity index (χ4n) is 4.07. The van der Waals surface area contributed by atoms with Crippen LogP contribution in [0.1, 0.15) is 22.5 Å². The zero-order chi connectivity index (χ0) is 21.6. The van der Waals surface area contributed by atoms with E-state index in [1.807, 2.05) is 47.4 Å². The number of amides is 1. The van der Waals surface area contributed by atoms with Crippen molar-refractivity contribution in [1.29, 1.82) is 0 Å². The Bertz CT molecular complexity index is 1000. The number of ether oxygens (including phenoxy) is 2. The molecular formula is C25H28N2O4. The van der Waals surface area contributed by atoms with Crippen LogP contribution < -0.4 is 14.4 Å². The molecule has 0 spiro atoms. The van der Waals surface area contributed by atoms with Gasteiger partial charge in [-0.05, 0) is 55.8 Å². The smallest absolute Gasteiger partial charge is 0.294 e. The number of para-hydroxylation sites is 3. The fraction of sp³-hybridized carbons (Fsp3) is 0.320. The average Bonchev–Trinajstić information content (AvgIpc) is 3.34. The Labute approximate surface area is 183 Å². The van der Waals surface area contributed by atoms with Gasteiger partial charge >= 0.3 is 0 Å². The molecule has 1 aliphatic rings. The minimum Gasteiger partial charge on any atom is -0.493 e. The third kappa shape index (κ3) is 4.75. The number of hydrogen-bond acceptors (Lipinski definition) is 5. The van der Waals surface area contributed by atoms with E-state index in [0.717, 1.165) is 43.1 Å². The quantitative estimate of drug-likeness (QED) is 0.545. The first-order valence-electron chi connectivity index (χ1n) is 10.6. The molecule has 31 heavy (non-hydrogen) atoms. The van der Waals surface area contributed by atoms with Crippen LogP contribution in [0.25, 0.3) is 0 Å². The van der Waals surface area contributed by atoms with Crippen LogP contribution in [-0.2, 0) is 6.42 Å². The Kier molecular flexibility index (Phi) is 6.57. The zero-order valence-electron chi connectivity index (χ0n) is 18.0. The van der Waals surface area contributed by atoms with Crippen LogP contribution in [0.4, 0.5) is 5.69 Å². The van der Waals surface area contributed by atoms with E-state index in [1.165, 1.54) is 5.56 Å². The molecule has 6 heteroatoms. The maximum atomic E-state index is 13.3. The van der Waals surface area contributed by atoms with Gasteiger partial charge in [0.25, 0.3) is 5.91 Å².